The molecule has 1 aliphatic carbocycles. The van der Waals surface area contributed by atoms with E-state index in [4.69, 9.17) is 0 Å². The Kier molecular flexibility index (Phi) is 4.26. The second kappa shape index (κ2) is 4.89. The van der Waals surface area contributed by atoms with Crippen LogP contribution in [0.25, 0.3) is 0 Å². The second-order valence-electron chi connectivity index (χ2n) is 6.20. The van der Waals surface area contributed by atoms with E-state index in [0.29, 0.717) is 5.41 Å². The third-order valence-corrected chi connectivity index (χ3v) is 5.04. The summed E-state index contributed by atoms with van der Waals surface area (Å²) in [7, 11) is 0. The second-order valence-corrected chi connectivity index (χ2v) is 6.20. The van der Waals surface area contributed by atoms with Crippen LogP contribution in [0.5, 0.6) is 0 Å². The molecule has 1 aliphatic rings. The van der Waals surface area contributed by atoms with E-state index in [9.17, 15) is 0 Å². The van der Waals surface area contributed by atoms with Crippen LogP contribution in [0.15, 0.2) is 0 Å². The van der Waals surface area contributed by atoms with Gasteiger partial charge in [0.15, 0.2) is 0 Å². The first-order valence-electron chi connectivity index (χ1n) is 6.99. The van der Waals surface area contributed by atoms with Gasteiger partial charge in [-0.3, -0.25) is 0 Å². The van der Waals surface area contributed by atoms with Gasteiger partial charge in [0.25, 0.3) is 0 Å². The molecule has 0 bridgehead atoms. The van der Waals surface area contributed by atoms with Gasteiger partial charge in [0.2, 0.25) is 0 Å². The lowest BCUT2D eigenvalue weighted by molar-refractivity contribution is 0.212. The van der Waals surface area contributed by atoms with Crippen molar-refractivity contribution >= 4 is 0 Å². The Hall–Kier alpha value is 0. The zero-order valence-corrected chi connectivity index (χ0v) is 11.6. The molecule has 0 aliphatic heterocycles. The monoisotopic (exact) mass is 210 g/mol. The average molecular weight is 210 g/mol. The molecule has 90 valence electrons. The Morgan fingerprint density at radius 2 is 1.53 bits per heavy atom. The number of rotatable bonds is 6. The summed E-state index contributed by atoms with van der Waals surface area (Å²) in [5.74, 6) is 3.71. The van der Waals surface area contributed by atoms with Crippen LogP contribution in [0.1, 0.15) is 67.2 Å². The fraction of sp³-hybridized carbons (Fsp3) is 1.00. The van der Waals surface area contributed by atoms with Crippen molar-refractivity contribution in [3.05, 3.63) is 0 Å². The van der Waals surface area contributed by atoms with Crippen molar-refractivity contribution in [1.82, 2.24) is 0 Å². The predicted molar refractivity (Wildman–Crippen MR) is 68.9 cm³/mol. The number of hydrogen-bond acceptors (Lipinski definition) is 0. The molecule has 1 rings (SSSR count). The largest absolute Gasteiger partial charge is 0.0654 e. The fourth-order valence-corrected chi connectivity index (χ4v) is 4.40. The standard InChI is InChI=1S/C15H30/c1-7-8-9-10-14-13(6)15(14,11(2)3)12(4)5/h11-14H,7-10H2,1-6H3. The molecule has 2 unspecified atom stereocenters. The van der Waals surface area contributed by atoms with Crippen molar-refractivity contribution in [2.45, 2.75) is 67.2 Å². The first-order valence-corrected chi connectivity index (χ1v) is 6.99. The van der Waals surface area contributed by atoms with Gasteiger partial charge in [0.1, 0.15) is 0 Å². The molecule has 2 atom stereocenters. The molecule has 1 saturated carbocycles. The van der Waals surface area contributed by atoms with Crippen LogP contribution >= 0.6 is 0 Å². The van der Waals surface area contributed by atoms with E-state index in [1.807, 2.05) is 0 Å². The zero-order chi connectivity index (χ0) is 11.6. The summed E-state index contributed by atoms with van der Waals surface area (Å²) < 4.78 is 0. The lowest BCUT2D eigenvalue weighted by Gasteiger charge is -2.27. The third-order valence-electron chi connectivity index (χ3n) is 5.04. The van der Waals surface area contributed by atoms with Crippen LogP contribution < -0.4 is 0 Å². The van der Waals surface area contributed by atoms with Gasteiger partial charge in [-0.05, 0) is 35.5 Å². The van der Waals surface area contributed by atoms with E-state index in [-0.39, 0.29) is 0 Å². The van der Waals surface area contributed by atoms with Crippen molar-refractivity contribution in [2.24, 2.45) is 29.1 Å². The van der Waals surface area contributed by atoms with Gasteiger partial charge in [0.05, 0.1) is 0 Å². The third kappa shape index (κ3) is 2.10. The Balaban J connectivity index is 2.54. The molecule has 1 fully saturated rings. The predicted octanol–water partition coefficient (Wildman–Crippen LogP) is 5.13. The highest BCUT2D eigenvalue weighted by atomic mass is 14.7. The molecule has 0 amide bonds. The molecule has 0 heterocycles. The Labute approximate surface area is 96.8 Å². The lowest BCUT2D eigenvalue weighted by atomic mass is 9.78. The highest BCUT2D eigenvalue weighted by molar-refractivity contribution is 5.11. The van der Waals surface area contributed by atoms with Gasteiger partial charge in [0, 0.05) is 0 Å². The number of unbranched alkanes of at least 4 members (excludes halogenated alkanes) is 2. The minimum atomic E-state index is 0.674. The molecule has 0 aromatic rings. The molecule has 0 heteroatoms. The van der Waals surface area contributed by atoms with Crippen molar-refractivity contribution in [3.63, 3.8) is 0 Å². The van der Waals surface area contributed by atoms with E-state index in [1.54, 1.807) is 0 Å². The Bertz CT molecular complexity index is 182. The Morgan fingerprint density at radius 1 is 1.00 bits per heavy atom. The highest BCUT2D eigenvalue weighted by Gasteiger charge is 2.63. The van der Waals surface area contributed by atoms with Crippen LogP contribution in [0.2, 0.25) is 0 Å². The smallest absolute Gasteiger partial charge is 0.0192 e. The fourth-order valence-electron chi connectivity index (χ4n) is 4.40. The molecule has 15 heavy (non-hydrogen) atoms. The maximum atomic E-state index is 2.48. The van der Waals surface area contributed by atoms with Crippen molar-refractivity contribution in [1.29, 1.82) is 0 Å². The van der Waals surface area contributed by atoms with E-state index in [0.717, 1.165) is 23.7 Å². The molecule has 0 radical (unpaired) electrons. The van der Waals surface area contributed by atoms with Crippen LogP contribution in [0.4, 0.5) is 0 Å². The lowest BCUT2D eigenvalue weighted by Crippen LogP contribution is -2.21. The van der Waals surface area contributed by atoms with Gasteiger partial charge in [-0.15, -0.1) is 0 Å². The molecule has 0 nitrogen and oxygen atoms in total. The maximum absolute atomic E-state index is 2.48. The average Bonchev–Trinajstić information content (AvgIpc) is 2.73. The summed E-state index contributed by atoms with van der Waals surface area (Å²) in [6, 6.07) is 0. The van der Waals surface area contributed by atoms with Gasteiger partial charge in [-0.1, -0.05) is 60.8 Å². The highest BCUT2D eigenvalue weighted by Crippen LogP contribution is 2.68. The molecule has 0 aromatic carbocycles. The summed E-state index contributed by atoms with van der Waals surface area (Å²) in [6.45, 7) is 14.5. The Morgan fingerprint density at radius 3 is 1.87 bits per heavy atom. The molecular weight excluding hydrogens is 180 g/mol. The van der Waals surface area contributed by atoms with Crippen LogP contribution in [0, 0.1) is 29.1 Å². The summed E-state index contributed by atoms with van der Waals surface area (Å²) in [6.07, 6.45) is 5.71. The van der Waals surface area contributed by atoms with Gasteiger partial charge in [-0.2, -0.15) is 0 Å². The van der Waals surface area contributed by atoms with E-state index in [2.05, 4.69) is 41.5 Å². The molecular formula is C15H30. The quantitative estimate of drug-likeness (QED) is 0.533. The first-order chi connectivity index (χ1) is 6.99. The van der Waals surface area contributed by atoms with Gasteiger partial charge < -0.3 is 0 Å². The summed E-state index contributed by atoms with van der Waals surface area (Å²) in [5, 5.41) is 0. The van der Waals surface area contributed by atoms with Crippen LogP contribution in [0.3, 0.4) is 0 Å². The summed E-state index contributed by atoms with van der Waals surface area (Å²) in [5.41, 5.74) is 0.674. The first kappa shape index (κ1) is 13.1. The van der Waals surface area contributed by atoms with Crippen molar-refractivity contribution in [2.75, 3.05) is 0 Å². The topological polar surface area (TPSA) is 0 Å². The van der Waals surface area contributed by atoms with Crippen molar-refractivity contribution < 1.29 is 0 Å². The minimum absolute atomic E-state index is 0.674. The van der Waals surface area contributed by atoms with Crippen molar-refractivity contribution in [3.8, 4) is 0 Å². The minimum Gasteiger partial charge on any atom is -0.0654 e. The van der Waals surface area contributed by atoms with E-state index in [1.165, 1.54) is 25.7 Å². The normalized spacial score (nSPS) is 28.8. The van der Waals surface area contributed by atoms with Crippen LogP contribution in [-0.2, 0) is 0 Å². The van der Waals surface area contributed by atoms with Crippen LogP contribution in [-0.4, -0.2) is 0 Å². The van der Waals surface area contributed by atoms with E-state index < -0.39 is 0 Å². The maximum Gasteiger partial charge on any atom is -0.0192 e. The number of hydrogen-bond donors (Lipinski definition) is 0. The summed E-state index contributed by atoms with van der Waals surface area (Å²) in [4.78, 5) is 0. The molecule has 0 spiro atoms. The zero-order valence-electron chi connectivity index (χ0n) is 11.6. The van der Waals surface area contributed by atoms with Gasteiger partial charge in [-0.25, -0.2) is 0 Å². The van der Waals surface area contributed by atoms with E-state index >= 15 is 0 Å². The van der Waals surface area contributed by atoms with Gasteiger partial charge >= 0.3 is 0 Å². The molecule has 0 aromatic heterocycles. The molecule has 0 saturated heterocycles. The summed E-state index contributed by atoms with van der Waals surface area (Å²) >= 11 is 0. The SMILES string of the molecule is CCCCCC1C(C)C1(C(C)C)C(C)C. The molecule has 0 N–H and O–H groups in total.